The van der Waals surface area contributed by atoms with Gasteiger partial charge in [0.25, 0.3) is 0 Å². The fourth-order valence-electron chi connectivity index (χ4n) is 6.40. The molecule has 0 radical (unpaired) electrons. The van der Waals surface area contributed by atoms with Gasteiger partial charge < -0.3 is 4.42 Å². The Labute approximate surface area is 252 Å². The van der Waals surface area contributed by atoms with Crippen LogP contribution in [0.5, 0.6) is 0 Å². The Kier molecular flexibility index (Phi) is 5.19. The standard InChI is InChI=1S/C39H22N4O/c1-40-27-10-8-9-26(23-27)24-17-19-25(20-18-24)36-32-13-2-5-14-33(32)41-39(42-36)43-34-15-6-3-11-28(34)30-21-22-31-29-12-4-7-16-35(29)44-38(31)37(30)43/h2-23H. The molecule has 0 amide bonds. The molecule has 0 fully saturated rings. The molecule has 204 valence electrons. The lowest BCUT2D eigenvalue weighted by Crippen LogP contribution is -2.03. The predicted octanol–water partition coefficient (Wildman–Crippen LogP) is 10.5. The first-order valence-electron chi connectivity index (χ1n) is 14.5. The number of hydrogen-bond acceptors (Lipinski definition) is 3. The van der Waals surface area contributed by atoms with Crippen LogP contribution in [0.4, 0.5) is 5.69 Å². The summed E-state index contributed by atoms with van der Waals surface area (Å²) in [7, 11) is 0. The SMILES string of the molecule is [C-]#[N+]c1cccc(-c2ccc(-c3nc(-n4c5ccccc5c5ccc6c7ccccc7oc6c54)nc4ccccc34)cc2)c1. The summed E-state index contributed by atoms with van der Waals surface area (Å²) in [6, 6.07) is 45.1. The van der Waals surface area contributed by atoms with E-state index >= 15 is 0 Å². The first-order chi connectivity index (χ1) is 21.8. The summed E-state index contributed by atoms with van der Waals surface area (Å²) in [6.07, 6.45) is 0. The van der Waals surface area contributed by atoms with Gasteiger partial charge in [-0.3, -0.25) is 4.57 Å². The fraction of sp³-hybridized carbons (Fsp3) is 0. The van der Waals surface area contributed by atoms with E-state index in [9.17, 15) is 0 Å². The molecule has 0 atom stereocenters. The molecular formula is C39H22N4O. The predicted molar refractivity (Wildman–Crippen MR) is 178 cm³/mol. The normalized spacial score (nSPS) is 11.6. The first kappa shape index (κ1) is 24.4. The van der Waals surface area contributed by atoms with E-state index < -0.39 is 0 Å². The zero-order valence-electron chi connectivity index (χ0n) is 23.4. The Morgan fingerprint density at radius 2 is 1.30 bits per heavy atom. The number of furan rings is 1. The van der Waals surface area contributed by atoms with Crippen LogP contribution >= 0.6 is 0 Å². The Hall–Kier alpha value is -6.25. The van der Waals surface area contributed by atoms with Gasteiger partial charge in [-0.2, -0.15) is 0 Å². The number of fused-ring (bicyclic) bond motifs is 8. The van der Waals surface area contributed by atoms with Crippen molar-refractivity contribution in [3.05, 3.63) is 145 Å². The molecule has 5 heteroatoms. The maximum Gasteiger partial charge on any atom is 0.235 e. The molecule has 0 N–H and O–H groups in total. The number of para-hydroxylation sites is 3. The molecule has 0 unspecified atom stereocenters. The van der Waals surface area contributed by atoms with E-state index in [2.05, 4.69) is 82.2 Å². The molecule has 0 saturated heterocycles. The number of hydrogen-bond donors (Lipinski definition) is 0. The molecule has 0 spiro atoms. The van der Waals surface area contributed by atoms with Gasteiger partial charge in [-0.25, -0.2) is 14.8 Å². The first-order valence-corrected chi connectivity index (χ1v) is 14.5. The van der Waals surface area contributed by atoms with Crippen molar-refractivity contribution in [1.82, 2.24) is 14.5 Å². The minimum absolute atomic E-state index is 0.590. The van der Waals surface area contributed by atoms with Crippen LogP contribution in [0.15, 0.2) is 138 Å². The van der Waals surface area contributed by atoms with Gasteiger partial charge in [-0.1, -0.05) is 103 Å². The topological polar surface area (TPSA) is 48.2 Å². The number of rotatable bonds is 3. The summed E-state index contributed by atoms with van der Waals surface area (Å²) in [5, 5.41) is 5.35. The van der Waals surface area contributed by atoms with Crippen molar-refractivity contribution in [2.45, 2.75) is 0 Å². The second-order valence-electron chi connectivity index (χ2n) is 10.9. The summed E-state index contributed by atoms with van der Waals surface area (Å²) in [5.74, 6) is 0.590. The third kappa shape index (κ3) is 3.58. The van der Waals surface area contributed by atoms with Crippen LogP contribution < -0.4 is 0 Å². The molecule has 5 nitrogen and oxygen atoms in total. The van der Waals surface area contributed by atoms with Gasteiger partial charge in [-0.15, -0.1) is 0 Å². The number of aromatic nitrogens is 3. The third-order valence-electron chi connectivity index (χ3n) is 8.44. The largest absolute Gasteiger partial charge is 0.454 e. The van der Waals surface area contributed by atoms with Gasteiger partial charge in [0.2, 0.25) is 5.95 Å². The molecule has 0 aliphatic heterocycles. The maximum absolute atomic E-state index is 7.38. The van der Waals surface area contributed by atoms with Gasteiger partial charge in [0, 0.05) is 32.5 Å². The highest BCUT2D eigenvalue weighted by molar-refractivity contribution is 6.21. The molecule has 0 bridgehead atoms. The third-order valence-corrected chi connectivity index (χ3v) is 8.44. The molecule has 0 aliphatic rings. The van der Waals surface area contributed by atoms with Crippen LogP contribution in [0.1, 0.15) is 0 Å². The average molecular weight is 563 g/mol. The molecule has 9 rings (SSSR count). The van der Waals surface area contributed by atoms with Crippen molar-refractivity contribution in [3.8, 4) is 28.3 Å². The summed E-state index contributed by atoms with van der Waals surface area (Å²) in [5.41, 5.74) is 9.05. The average Bonchev–Trinajstić information content (AvgIpc) is 3.64. The van der Waals surface area contributed by atoms with Crippen molar-refractivity contribution >= 4 is 60.3 Å². The number of benzene rings is 6. The van der Waals surface area contributed by atoms with E-state index in [0.29, 0.717) is 11.6 Å². The van der Waals surface area contributed by atoms with Gasteiger partial charge in [0.1, 0.15) is 11.1 Å². The van der Waals surface area contributed by atoms with Crippen molar-refractivity contribution in [1.29, 1.82) is 0 Å². The molecule has 9 aromatic rings. The minimum atomic E-state index is 0.590. The maximum atomic E-state index is 7.38. The quantitative estimate of drug-likeness (QED) is 0.201. The molecule has 0 aliphatic carbocycles. The van der Waals surface area contributed by atoms with E-state index in [-0.39, 0.29) is 0 Å². The van der Waals surface area contributed by atoms with Crippen LogP contribution in [0.2, 0.25) is 0 Å². The van der Waals surface area contributed by atoms with E-state index in [4.69, 9.17) is 21.0 Å². The van der Waals surface area contributed by atoms with E-state index in [1.54, 1.807) is 0 Å². The Bertz CT molecular complexity index is 2620. The molecular weight excluding hydrogens is 540 g/mol. The van der Waals surface area contributed by atoms with E-state index in [1.807, 2.05) is 60.7 Å². The molecule has 6 aromatic carbocycles. The summed E-state index contributed by atoms with van der Waals surface area (Å²) >= 11 is 0. The molecule has 3 heterocycles. The smallest absolute Gasteiger partial charge is 0.235 e. The lowest BCUT2D eigenvalue weighted by atomic mass is 10.0. The zero-order chi connectivity index (χ0) is 29.2. The van der Waals surface area contributed by atoms with Crippen molar-refractivity contribution < 1.29 is 4.42 Å². The highest BCUT2D eigenvalue weighted by Crippen LogP contribution is 2.40. The Morgan fingerprint density at radius 1 is 0.568 bits per heavy atom. The highest BCUT2D eigenvalue weighted by atomic mass is 16.3. The van der Waals surface area contributed by atoms with Crippen LogP contribution in [0, 0.1) is 6.57 Å². The fourth-order valence-corrected chi connectivity index (χ4v) is 6.40. The number of nitrogens with zero attached hydrogens (tertiary/aromatic N) is 4. The minimum Gasteiger partial charge on any atom is -0.454 e. The van der Waals surface area contributed by atoms with Gasteiger partial charge >= 0.3 is 0 Å². The highest BCUT2D eigenvalue weighted by Gasteiger charge is 2.21. The van der Waals surface area contributed by atoms with Crippen molar-refractivity contribution in [3.63, 3.8) is 0 Å². The zero-order valence-corrected chi connectivity index (χ0v) is 23.4. The van der Waals surface area contributed by atoms with Gasteiger partial charge in [0.05, 0.1) is 23.3 Å². The molecule has 44 heavy (non-hydrogen) atoms. The molecule has 3 aromatic heterocycles. The van der Waals surface area contributed by atoms with Crippen LogP contribution in [0.25, 0.3) is 87.8 Å². The van der Waals surface area contributed by atoms with Crippen LogP contribution in [-0.2, 0) is 0 Å². The summed E-state index contributed by atoms with van der Waals surface area (Å²) in [6.45, 7) is 7.38. The van der Waals surface area contributed by atoms with Gasteiger partial charge in [0.15, 0.2) is 11.3 Å². The summed E-state index contributed by atoms with van der Waals surface area (Å²) in [4.78, 5) is 14.0. The monoisotopic (exact) mass is 562 g/mol. The second kappa shape index (κ2) is 9.38. The Morgan fingerprint density at radius 3 is 2.16 bits per heavy atom. The second-order valence-corrected chi connectivity index (χ2v) is 10.9. The van der Waals surface area contributed by atoms with Crippen LogP contribution in [-0.4, -0.2) is 14.5 Å². The Balaban J connectivity index is 1.32. The van der Waals surface area contributed by atoms with E-state index in [1.165, 1.54) is 0 Å². The van der Waals surface area contributed by atoms with E-state index in [0.717, 1.165) is 77.0 Å². The lowest BCUT2D eigenvalue weighted by Gasteiger charge is -2.12. The summed E-state index contributed by atoms with van der Waals surface area (Å²) < 4.78 is 8.69. The van der Waals surface area contributed by atoms with Crippen molar-refractivity contribution in [2.75, 3.05) is 0 Å². The lowest BCUT2D eigenvalue weighted by molar-refractivity contribution is 0.671. The van der Waals surface area contributed by atoms with Crippen LogP contribution in [0.3, 0.4) is 0 Å². The van der Waals surface area contributed by atoms with Crippen molar-refractivity contribution in [2.24, 2.45) is 0 Å². The molecule has 0 saturated carbocycles. The van der Waals surface area contributed by atoms with Gasteiger partial charge in [-0.05, 0) is 41.5 Å².